The number of thiazole rings is 1. The molecule has 4 heterocycles. The van der Waals surface area contributed by atoms with E-state index in [2.05, 4.69) is 25.1 Å². The van der Waals surface area contributed by atoms with Crippen LogP contribution in [0, 0.1) is 0 Å². The number of hydrogen-bond acceptors (Lipinski definition) is 6. The van der Waals surface area contributed by atoms with E-state index in [1.165, 1.54) is 47.7 Å². The van der Waals surface area contributed by atoms with Crippen LogP contribution in [0.4, 0.5) is 5.82 Å². The number of aromatic nitrogens is 5. The summed E-state index contributed by atoms with van der Waals surface area (Å²) in [5, 5.41) is 9.37. The predicted molar refractivity (Wildman–Crippen MR) is 90.0 cm³/mol. The Morgan fingerprint density at radius 3 is 3.17 bits per heavy atom. The van der Waals surface area contributed by atoms with Crippen molar-refractivity contribution in [2.24, 2.45) is 0 Å². The highest BCUT2D eigenvalue weighted by Crippen LogP contribution is 2.36. The van der Waals surface area contributed by atoms with Gasteiger partial charge in [-0.05, 0) is 32.1 Å². The largest absolute Gasteiger partial charge is 0.355 e. The van der Waals surface area contributed by atoms with E-state index in [0.717, 1.165) is 29.9 Å². The fraction of sp³-hybridized carbons (Fsp3) is 0.500. The Kier molecular flexibility index (Phi) is 3.07. The molecule has 1 atom stereocenters. The molecule has 3 aromatic heterocycles. The van der Waals surface area contributed by atoms with Gasteiger partial charge < -0.3 is 4.90 Å². The van der Waals surface area contributed by atoms with Crippen LogP contribution in [0.3, 0.4) is 0 Å². The summed E-state index contributed by atoms with van der Waals surface area (Å²) in [6.07, 6.45) is 9.53. The zero-order valence-electron chi connectivity index (χ0n) is 12.8. The number of rotatable bonds is 2. The fourth-order valence-corrected chi connectivity index (χ4v) is 5.04. The number of H-pyrrole nitrogens is 1. The van der Waals surface area contributed by atoms with E-state index in [4.69, 9.17) is 4.98 Å². The molecule has 0 radical (unpaired) electrons. The van der Waals surface area contributed by atoms with Crippen molar-refractivity contribution >= 4 is 28.2 Å². The van der Waals surface area contributed by atoms with Gasteiger partial charge in [-0.2, -0.15) is 5.10 Å². The molecular formula is C16H18N6S. The second kappa shape index (κ2) is 5.26. The Morgan fingerprint density at radius 2 is 2.22 bits per heavy atom. The minimum atomic E-state index is 0.524. The number of fused-ring (bicyclic) bond motifs is 2. The van der Waals surface area contributed by atoms with Crippen molar-refractivity contribution in [2.75, 3.05) is 18.0 Å². The monoisotopic (exact) mass is 326 g/mol. The second-order valence-electron chi connectivity index (χ2n) is 6.39. The molecule has 1 fully saturated rings. The maximum Gasteiger partial charge on any atom is 0.160 e. The van der Waals surface area contributed by atoms with Crippen molar-refractivity contribution in [2.45, 2.75) is 38.0 Å². The average molecular weight is 326 g/mol. The zero-order valence-corrected chi connectivity index (χ0v) is 13.6. The lowest BCUT2D eigenvalue weighted by molar-refractivity contribution is 0.505. The molecule has 0 bridgehead atoms. The van der Waals surface area contributed by atoms with E-state index in [1.54, 1.807) is 6.33 Å². The van der Waals surface area contributed by atoms with E-state index in [1.807, 2.05) is 17.5 Å². The van der Waals surface area contributed by atoms with Crippen molar-refractivity contribution in [3.63, 3.8) is 0 Å². The van der Waals surface area contributed by atoms with Gasteiger partial charge in [-0.15, -0.1) is 11.3 Å². The Balaban J connectivity index is 1.45. The summed E-state index contributed by atoms with van der Waals surface area (Å²) in [5.74, 6) is 1.52. The summed E-state index contributed by atoms with van der Waals surface area (Å²) in [4.78, 5) is 17.6. The Hall–Kier alpha value is -2.02. The van der Waals surface area contributed by atoms with Gasteiger partial charge in [-0.25, -0.2) is 15.0 Å². The standard InChI is InChI=1S/C16H18N6S/c1-4-12-13(5-1)23-16(20-12)10-3-2-6-22(8-10)15-11-7-19-21-14(11)17-9-18-15/h7,9-10H,1-6,8H2,(H,17,18,19,21). The highest BCUT2D eigenvalue weighted by molar-refractivity contribution is 7.11. The first-order valence-corrected chi connectivity index (χ1v) is 9.07. The molecular weight excluding hydrogens is 308 g/mol. The first-order valence-electron chi connectivity index (χ1n) is 8.26. The lowest BCUT2D eigenvalue weighted by Crippen LogP contribution is -2.35. The lowest BCUT2D eigenvalue weighted by Gasteiger charge is -2.32. The predicted octanol–water partition coefficient (Wildman–Crippen LogP) is 2.68. The van der Waals surface area contributed by atoms with Crippen LogP contribution in [0.5, 0.6) is 0 Å². The molecule has 23 heavy (non-hydrogen) atoms. The molecule has 1 aliphatic carbocycles. The molecule has 1 saturated heterocycles. The summed E-state index contributed by atoms with van der Waals surface area (Å²) in [6.45, 7) is 2.03. The fourth-order valence-electron chi connectivity index (χ4n) is 3.76. The highest BCUT2D eigenvalue weighted by atomic mass is 32.1. The van der Waals surface area contributed by atoms with Crippen LogP contribution in [-0.2, 0) is 12.8 Å². The molecule has 3 aromatic rings. The van der Waals surface area contributed by atoms with E-state index in [0.29, 0.717) is 5.92 Å². The topological polar surface area (TPSA) is 70.6 Å². The quantitative estimate of drug-likeness (QED) is 0.784. The summed E-state index contributed by atoms with van der Waals surface area (Å²) >= 11 is 1.94. The molecule has 1 N–H and O–H groups in total. The normalized spacial score (nSPS) is 21.0. The number of aryl methyl sites for hydroxylation is 2. The third-order valence-electron chi connectivity index (χ3n) is 4.91. The van der Waals surface area contributed by atoms with Crippen molar-refractivity contribution < 1.29 is 0 Å². The minimum Gasteiger partial charge on any atom is -0.355 e. The van der Waals surface area contributed by atoms with Crippen LogP contribution >= 0.6 is 11.3 Å². The van der Waals surface area contributed by atoms with E-state index in [9.17, 15) is 0 Å². The van der Waals surface area contributed by atoms with Gasteiger partial charge in [0.2, 0.25) is 0 Å². The second-order valence-corrected chi connectivity index (χ2v) is 7.51. The van der Waals surface area contributed by atoms with Gasteiger partial charge in [0.05, 0.1) is 22.3 Å². The van der Waals surface area contributed by atoms with Crippen molar-refractivity contribution in [1.82, 2.24) is 25.1 Å². The average Bonchev–Trinajstić information content (AvgIpc) is 3.29. The molecule has 6 nitrogen and oxygen atoms in total. The molecule has 0 saturated carbocycles. The first kappa shape index (κ1) is 13.4. The van der Waals surface area contributed by atoms with Crippen LogP contribution in [0.15, 0.2) is 12.5 Å². The first-order chi connectivity index (χ1) is 11.4. The van der Waals surface area contributed by atoms with Crippen LogP contribution < -0.4 is 4.90 Å². The lowest BCUT2D eigenvalue weighted by atomic mass is 9.98. The van der Waals surface area contributed by atoms with Gasteiger partial charge in [-0.1, -0.05) is 0 Å². The van der Waals surface area contributed by atoms with Crippen LogP contribution in [-0.4, -0.2) is 38.2 Å². The maximum absolute atomic E-state index is 4.94. The number of anilines is 1. The summed E-state index contributed by atoms with van der Waals surface area (Å²) in [6, 6.07) is 0. The number of aromatic amines is 1. The molecule has 0 amide bonds. The number of piperidine rings is 1. The van der Waals surface area contributed by atoms with Gasteiger partial charge in [-0.3, -0.25) is 5.10 Å². The van der Waals surface area contributed by atoms with Gasteiger partial charge in [0, 0.05) is 23.9 Å². The minimum absolute atomic E-state index is 0.524. The van der Waals surface area contributed by atoms with Gasteiger partial charge >= 0.3 is 0 Å². The van der Waals surface area contributed by atoms with Crippen LogP contribution in [0.1, 0.15) is 40.8 Å². The third-order valence-corrected chi connectivity index (χ3v) is 6.23. The van der Waals surface area contributed by atoms with Gasteiger partial charge in [0.25, 0.3) is 0 Å². The molecule has 2 aliphatic rings. The maximum atomic E-state index is 4.94. The summed E-state index contributed by atoms with van der Waals surface area (Å²) < 4.78 is 0. The van der Waals surface area contributed by atoms with Crippen molar-refractivity contribution in [3.05, 3.63) is 28.1 Å². The molecule has 5 rings (SSSR count). The van der Waals surface area contributed by atoms with Gasteiger partial charge in [0.15, 0.2) is 5.65 Å². The number of nitrogens with one attached hydrogen (secondary N) is 1. The summed E-state index contributed by atoms with van der Waals surface area (Å²) in [7, 11) is 0. The van der Waals surface area contributed by atoms with Crippen LogP contribution in [0.2, 0.25) is 0 Å². The summed E-state index contributed by atoms with van der Waals surface area (Å²) in [5.41, 5.74) is 2.17. The SMILES string of the molecule is c1nc(N2CCCC(c3nc4c(s3)CCC4)C2)c2cn[nH]c2n1. The molecule has 0 spiro atoms. The third kappa shape index (κ3) is 2.22. The van der Waals surface area contributed by atoms with Crippen molar-refractivity contribution in [1.29, 1.82) is 0 Å². The van der Waals surface area contributed by atoms with E-state index in [-0.39, 0.29) is 0 Å². The number of nitrogens with zero attached hydrogens (tertiary/aromatic N) is 5. The Bertz CT molecular complexity index is 832. The van der Waals surface area contributed by atoms with E-state index >= 15 is 0 Å². The van der Waals surface area contributed by atoms with Gasteiger partial charge in [0.1, 0.15) is 12.1 Å². The molecule has 1 aliphatic heterocycles. The molecule has 118 valence electrons. The Labute approximate surface area is 138 Å². The highest BCUT2D eigenvalue weighted by Gasteiger charge is 2.28. The Morgan fingerprint density at radius 1 is 1.22 bits per heavy atom. The molecule has 7 heteroatoms. The zero-order chi connectivity index (χ0) is 15.2. The van der Waals surface area contributed by atoms with Crippen molar-refractivity contribution in [3.8, 4) is 0 Å². The number of hydrogen-bond donors (Lipinski definition) is 1. The molecule has 0 aromatic carbocycles. The van der Waals surface area contributed by atoms with Crippen LogP contribution in [0.25, 0.3) is 11.0 Å². The van der Waals surface area contributed by atoms with E-state index < -0.39 is 0 Å². The molecule has 1 unspecified atom stereocenters. The smallest absolute Gasteiger partial charge is 0.160 e.